The van der Waals surface area contributed by atoms with E-state index in [1.54, 1.807) is 12.1 Å². The maximum atomic E-state index is 12.8. The lowest BCUT2D eigenvalue weighted by molar-refractivity contribution is -0.137. The SMILES string of the molecule is CCOCCOc1ccc(C(=O)Nc2cc(C(F)(F)F)ccc2Cl)cc1. The molecule has 26 heavy (non-hydrogen) atoms. The largest absolute Gasteiger partial charge is 0.491 e. The van der Waals surface area contributed by atoms with E-state index in [-0.39, 0.29) is 16.3 Å². The molecule has 0 aromatic heterocycles. The normalized spacial score (nSPS) is 11.3. The maximum Gasteiger partial charge on any atom is 0.416 e. The van der Waals surface area contributed by atoms with Crippen LogP contribution in [0.3, 0.4) is 0 Å². The van der Waals surface area contributed by atoms with Crippen molar-refractivity contribution in [3.05, 3.63) is 58.6 Å². The molecular weight excluding hydrogens is 371 g/mol. The van der Waals surface area contributed by atoms with Crippen LogP contribution in [0.25, 0.3) is 0 Å². The minimum absolute atomic E-state index is 0.0160. The standard InChI is InChI=1S/C18H17ClF3NO3/c1-2-25-9-10-26-14-6-3-12(4-7-14)17(24)23-16-11-13(18(20,21)22)5-8-15(16)19/h3-8,11H,2,9-10H2,1H3,(H,23,24). The van der Waals surface area contributed by atoms with Gasteiger partial charge >= 0.3 is 6.18 Å². The average Bonchev–Trinajstić information content (AvgIpc) is 2.60. The summed E-state index contributed by atoms with van der Waals surface area (Å²) in [5.41, 5.74) is -0.741. The minimum atomic E-state index is -4.52. The summed E-state index contributed by atoms with van der Waals surface area (Å²) in [5, 5.41) is 2.40. The Bertz CT molecular complexity index is 748. The second kappa shape index (κ2) is 8.91. The van der Waals surface area contributed by atoms with Crippen LogP contribution in [-0.4, -0.2) is 25.7 Å². The summed E-state index contributed by atoms with van der Waals surface area (Å²) >= 11 is 5.87. The molecule has 2 rings (SSSR count). The van der Waals surface area contributed by atoms with Gasteiger partial charge in [0.05, 0.1) is 22.9 Å². The zero-order valence-electron chi connectivity index (χ0n) is 13.9. The van der Waals surface area contributed by atoms with Gasteiger partial charge in [0.2, 0.25) is 0 Å². The van der Waals surface area contributed by atoms with Crippen LogP contribution < -0.4 is 10.1 Å². The van der Waals surface area contributed by atoms with E-state index in [1.165, 1.54) is 12.1 Å². The third-order valence-electron chi connectivity index (χ3n) is 3.36. The summed E-state index contributed by atoms with van der Waals surface area (Å²) in [6, 6.07) is 8.94. The van der Waals surface area contributed by atoms with Gasteiger partial charge in [0, 0.05) is 12.2 Å². The van der Waals surface area contributed by atoms with Crippen LogP contribution in [0.4, 0.5) is 18.9 Å². The molecular formula is C18H17ClF3NO3. The van der Waals surface area contributed by atoms with E-state index < -0.39 is 17.6 Å². The van der Waals surface area contributed by atoms with Gasteiger partial charge in [-0.05, 0) is 49.4 Å². The number of halogens is 4. The van der Waals surface area contributed by atoms with E-state index in [9.17, 15) is 18.0 Å². The highest BCUT2D eigenvalue weighted by molar-refractivity contribution is 6.34. The summed E-state index contributed by atoms with van der Waals surface area (Å²) in [6.45, 7) is 3.30. The van der Waals surface area contributed by atoms with E-state index in [1.807, 2.05) is 6.92 Å². The van der Waals surface area contributed by atoms with Gasteiger partial charge in [0.15, 0.2) is 0 Å². The highest BCUT2D eigenvalue weighted by Crippen LogP contribution is 2.34. The predicted octanol–water partition coefficient (Wildman–Crippen LogP) is 5.03. The summed E-state index contributed by atoms with van der Waals surface area (Å²) < 4.78 is 48.9. The van der Waals surface area contributed by atoms with Crippen LogP contribution in [0, 0.1) is 0 Å². The number of hydrogen-bond acceptors (Lipinski definition) is 3. The van der Waals surface area contributed by atoms with Gasteiger partial charge in [-0.1, -0.05) is 11.6 Å². The molecule has 8 heteroatoms. The molecule has 0 atom stereocenters. The number of amides is 1. The first kappa shape index (κ1) is 20.1. The predicted molar refractivity (Wildman–Crippen MR) is 92.8 cm³/mol. The molecule has 140 valence electrons. The summed E-state index contributed by atoms with van der Waals surface area (Å²) in [7, 11) is 0. The van der Waals surface area contributed by atoms with E-state index in [0.717, 1.165) is 18.2 Å². The molecule has 4 nitrogen and oxygen atoms in total. The Kier molecular flexibility index (Phi) is 6.88. The molecule has 2 aromatic rings. The van der Waals surface area contributed by atoms with Gasteiger partial charge in [-0.25, -0.2) is 0 Å². The van der Waals surface area contributed by atoms with Crippen LogP contribution in [0.15, 0.2) is 42.5 Å². The molecule has 0 bridgehead atoms. The molecule has 0 heterocycles. The first-order chi connectivity index (χ1) is 12.3. The zero-order chi connectivity index (χ0) is 19.2. The number of anilines is 1. The number of benzene rings is 2. The van der Waals surface area contributed by atoms with Crippen molar-refractivity contribution in [3.63, 3.8) is 0 Å². The molecule has 0 fully saturated rings. The lowest BCUT2D eigenvalue weighted by atomic mass is 10.1. The van der Waals surface area contributed by atoms with E-state index in [0.29, 0.717) is 25.6 Å². The monoisotopic (exact) mass is 387 g/mol. The molecule has 0 spiro atoms. The van der Waals surface area contributed by atoms with E-state index in [2.05, 4.69) is 5.32 Å². The van der Waals surface area contributed by atoms with Crippen molar-refractivity contribution in [2.45, 2.75) is 13.1 Å². The quantitative estimate of drug-likeness (QED) is 0.678. The molecule has 0 saturated heterocycles. The lowest BCUT2D eigenvalue weighted by Gasteiger charge is -2.12. The van der Waals surface area contributed by atoms with Crippen molar-refractivity contribution in [2.24, 2.45) is 0 Å². The number of nitrogens with one attached hydrogen (secondary N) is 1. The van der Waals surface area contributed by atoms with Gasteiger partial charge in [-0.3, -0.25) is 4.79 Å². The maximum absolute atomic E-state index is 12.8. The summed E-state index contributed by atoms with van der Waals surface area (Å²) in [5.74, 6) is -0.0227. The fourth-order valence-electron chi connectivity index (χ4n) is 2.06. The number of ether oxygens (including phenoxy) is 2. The Morgan fingerprint density at radius 1 is 1.12 bits per heavy atom. The molecule has 0 radical (unpaired) electrons. The highest BCUT2D eigenvalue weighted by Gasteiger charge is 2.31. The molecule has 1 amide bonds. The van der Waals surface area contributed by atoms with Crippen molar-refractivity contribution in [3.8, 4) is 5.75 Å². The zero-order valence-corrected chi connectivity index (χ0v) is 14.7. The number of carbonyl (C=O) groups is 1. The Balaban J connectivity index is 2.03. The van der Waals surface area contributed by atoms with Crippen LogP contribution in [0.1, 0.15) is 22.8 Å². The molecule has 1 N–H and O–H groups in total. The molecule has 0 saturated carbocycles. The van der Waals surface area contributed by atoms with Gasteiger partial charge in [-0.2, -0.15) is 13.2 Å². The molecule has 0 aliphatic rings. The number of rotatable bonds is 7. The van der Waals surface area contributed by atoms with Gasteiger partial charge in [-0.15, -0.1) is 0 Å². The van der Waals surface area contributed by atoms with Crippen LogP contribution in [-0.2, 0) is 10.9 Å². The van der Waals surface area contributed by atoms with Crippen LogP contribution in [0.5, 0.6) is 5.75 Å². The van der Waals surface area contributed by atoms with Crippen molar-refractivity contribution in [2.75, 3.05) is 25.1 Å². The smallest absolute Gasteiger partial charge is 0.416 e. The first-order valence-electron chi connectivity index (χ1n) is 7.80. The number of carbonyl (C=O) groups excluding carboxylic acids is 1. The first-order valence-corrected chi connectivity index (χ1v) is 8.17. The second-order valence-corrected chi connectivity index (χ2v) is 5.62. The summed E-state index contributed by atoms with van der Waals surface area (Å²) in [6.07, 6.45) is -4.52. The third kappa shape index (κ3) is 5.64. The van der Waals surface area contributed by atoms with Crippen LogP contribution >= 0.6 is 11.6 Å². The Morgan fingerprint density at radius 3 is 2.42 bits per heavy atom. The molecule has 0 unspecified atom stereocenters. The van der Waals surface area contributed by atoms with Gasteiger partial charge in [0.1, 0.15) is 12.4 Å². The fourth-order valence-corrected chi connectivity index (χ4v) is 2.22. The Hall–Kier alpha value is -2.25. The number of hydrogen-bond donors (Lipinski definition) is 1. The van der Waals surface area contributed by atoms with E-state index >= 15 is 0 Å². The van der Waals surface area contributed by atoms with Crippen LogP contribution in [0.2, 0.25) is 5.02 Å². The second-order valence-electron chi connectivity index (χ2n) is 5.22. The number of alkyl halides is 3. The topological polar surface area (TPSA) is 47.6 Å². The lowest BCUT2D eigenvalue weighted by Crippen LogP contribution is -2.13. The molecule has 0 aliphatic carbocycles. The molecule has 0 aliphatic heterocycles. The van der Waals surface area contributed by atoms with E-state index in [4.69, 9.17) is 21.1 Å². The minimum Gasteiger partial charge on any atom is -0.491 e. The highest BCUT2D eigenvalue weighted by atomic mass is 35.5. The van der Waals surface area contributed by atoms with Crippen molar-refractivity contribution in [1.29, 1.82) is 0 Å². The van der Waals surface area contributed by atoms with Gasteiger partial charge < -0.3 is 14.8 Å². The third-order valence-corrected chi connectivity index (χ3v) is 3.69. The van der Waals surface area contributed by atoms with Crippen molar-refractivity contribution >= 4 is 23.2 Å². The summed E-state index contributed by atoms with van der Waals surface area (Å²) in [4.78, 5) is 12.2. The van der Waals surface area contributed by atoms with Crippen molar-refractivity contribution < 1.29 is 27.4 Å². The average molecular weight is 388 g/mol. The fraction of sp³-hybridized carbons (Fsp3) is 0.278. The van der Waals surface area contributed by atoms with Gasteiger partial charge in [0.25, 0.3) is 5.91 Å². The van der Waals surface area contributed by atoms with Crippen molar-refractivity contribution in [1.82, 2.24) is 0 Å². The molecule has 2 aromatic carbocycles. The Labute approximate surface area is 153 Å². The Morgan fingerprint density at radius 2 is 1.81 bits per heavy atom.